The van der Waals surface area contributed by atoms with E-state index in [1.54, 1.807) is 0 Å². The van der Waals surface area contributed by atoms with E-state index in [9.17, 15) is 14.1 Å². The number of rotatable bonds is 8. The Morgan fingerprint density at radius 1 is 1.00 bits per heavy atom. The second-order valence-corrected chi connectivity index (χ2v) is 16.4. The molecule has 3 aromatic rings. The molecule has 47 heavy (non-hydrogen) atoms. The molecule has 0 radical (unpaired) electrons. The van der Waals surface area contributed by atoms with Gasteiger partial charge in [-0.25, -0.2) is 13.5 Å². The van der Waals surface area contributed by atoms with Crippen molar-refractivity contribution in [3.63, 3.8) is 0 Å². The van der Waals surface area contributed by atoms with Gasteiger partial charge in [0.1, 0.15) is 16.7 Å². The minimum Gasteiger partial charge on any atom is -0.396 e. The van der Waals surface area contributed by atoms with E-state index in [0.717, 1.165) is 54.0 Å². The first-order valence-corrected chi connectivity index (χ1v) is 18.3. The number of hydrogen-bond acceptors (Lipinski definition) is 5. The molecule has 3 heterocycles. The quantitative estimate of drug-likeness (QED) is 0.288. The predicted molar refractivity (Wildman–Crippen MR) is 189 cm³/mol. The Hall–Kier alpha value is -3.35. The third-order valence-corrected chi connectivity index (χ3v) is 11.5. The number of aromatic nitrogens is 1. The molecule has 6 rings (SSSR count). The second-order valence-electron chi connectivity index (χ2n) is 14.2. The van der Waals surface area contributed by atoms with Crippen LogP contribution in [0.5, 0.6) is 0 Å². The Bertz CT molecular complexity index is 1640. The lowest BCUT2D eigenvalue weighted by molar-refractivity contribution is 0.0622. The van der Waals surface area contributed by atoms with Gasteiger partial charge in [0.2, 0.25) is 0 Å². The summed E-state index contributed by atoms with van der Waals surface area (Å²) in [4.78, 5) is 23.5. The van der Waals surface area contributed by atoms with E-state index in [4.69, 9.17) is 4.98 Å². The van der Waals surface area contributed by atoms with E-state index in [2.05, 4.69) is 47.1 Å². The molecule has 0 spiro atoms. The third kappa shape index (κ3) is 7.87. The van der Waals surface area contributed by atoms with E-state index in [1.807, 2.05) is 60.3 Å². The summed E-state index contributed by atoms with van der Waals surface area (Å²) in [6, 6.07) is 20.2. The highest BCUT2D eigenvalue weighted by Crippen LogP contribution is 2.44. The lowest BCUT2D eigenvalue weighted by Gasteiger charge is -2.34. The summed E-state index contributed by atoms with van der Waals surface area (Å²) in [5.41, 5.74) is 6.14. The molecule has 1 aliphatic carbocycles. The number of pyridine rings is 1. The minimum atomic E-state index is -1.32. The van der Waals surface area contributed by atoms with Crippen molar-refractivity contribution in [3.05, 3.63) is 88.6 Å². The second kappa shape index (κ2) is 14.8. The molecule has 1 N–H and O–H groups in total. The van der Waals surface area contributed by atoms with Crippen LogP contribution in [0.3, 0.4) is 0 Å². The van der Waals surface area contributed by atoms with Crippen LogP contribution < -0.4 is 0 Å². The molecule has 248 valence electrons. The molecule has 2 atom stereocenters. The monoisotopic (exact) mass is 652 g/mol. The Balaban J connectivity index is 1.31. The zero-order valence-electron chi connectivity index (χ0n) is 28.1. The topological polar surface area (TPSA) is 77.0 Å². The fourth-order valence-electron chi connectivity index (χ4n) is 7.17. The van der Waals surface area contributed by atoms with Gasteiger partial charge >= 0.3 is 0 Å². The van der Waals surface area contributed by atoms with E-state index in [-0.39, 0.29) is 18.6 Å². The standard InChI is InChI=1S/C39H48N4O3S/c1-39(2,3)47(46)43-28-33-26-34(38(45)42-22-20-41(21-23-42)27-31-13-5-4-6-14-31)40-37(36(33)35(43)19-24-44)32-18-10-17-30(25-32)16-9-15-29-11-7-8-12-29/h4-6,10,13-14,17-18,25-26,29,35,44H,7-8,11-12,15,19-24,27-28H2,1-3H3/t35-,47-/m0/s1. The van der Waals surface area contributed by atoms with Crippen molar-refractivity contribution in [2.45, 2.75) is 83.2 Å². The van der Waals surface area contributed by atoms with Crippen molar-refractivity contribution < 1.29 is 14.1 Å². The fraction of sp³-hybridized carbons (Fsp3) is 0.487. The minimum absolute atomic E-state index is 0.0397. The van der Waals surface area contributed by atoms with Gasteiger partial charge in [0, 0.05) is 69.0 Å². The summed E-state index contributed by atoms with van der Waals surface area (Å²) in [5, 5.41) is 10.1. The van der Waals surface area contributed by atoms with Crippen LogP contribution in [-0.2, 0) is 24.1 Å². The van der Waals surface area contributed by atoms with Crippen LogP contribution in [-0.4, -0.2) is 71.8 Å². The highest BCUT2D eigenvalue weighted by Gasteiger charge is 2.41. The van der Waals surface area contributed by atoms with Crippen LogP contribution in [0.4, 0.5) is 0 Å². The molecular formula is C39H48N4O3S. The largest absolute Gasteiger partial charge is 0.396 e. The Kier molecular flexibility index (Phi) is 10.6. The van der Waals surface area contributed by atoms with Crippen LogP contribution in [0.25, 0.3) is 11.3 Å². The Morgan fingerprint density at radius 3 is 2.45 bits per heavy atom. The molecule has 2 fully saturated rings. The van der Waals surface area contributed by atoms with Gasteiger partial charge in [-0.15, -0.1) is 0 Å². The summed E-state index contributed by atoms with van der Waals surface area (Å²) in [6.45, 7) is 10.1. The van der Waals surface area contributed by atoms with Crippen LogP contribution in [0.15, 0.2) is 60.7 Å². The van der Waals surface area contributed by atoms with Crippen LogP contribution >= 0.6 is 0 Å². The highest BCUT2D eigenvalue weighted by molar-refractivity contribution is 7.84. The molecule has 7 nitrogen and oxygen atoms in total. The molecule has 0 bridgehead atoms. The molecular weight excluding hydrogens is 605 g/mol. The summed E-state index contributed by atoms with van der Waals surface area (Å²) in [5.74, 6) is 7.43. The van der Waals surface area contributed by atoms with Gasteiger partial charge in [0.25, 0.3) is 5.91 Å². The number of hydrogen-bond donors (Lipinski definition) is 1. The zero-order chi connectivity index (χ0) is 33.0. The van der Waals surface area contributed by atoms with E-state index >= 15 is 0 Å². The zero-order valence-corrected chi connectivity index (χ0v) is 28.9. The molecule has 2 aliphatic heterocycles. The average Bonchev–Trinajstić information content (AvgIpc) is 3.72. The van der Waals surface area contributed by atoms with Crippen molar-refractivity contribution in [2.24, 2.45) is 5.92 Å². The number of piperazine rings is 1. The van der Waals surface area contributed by atoms with Gasteiger partial charge < -0.3 is 10.0 Å². The van der Waals surface area contributed by atoms with Gasteiger partial charge in [-0.1, -0.05) is 67.1 Å². The number of carbonyl (C=O) groups is 1. The molecule has 3 aliphatic rings. The number of aliphatic hydroxyl groups excluding tert-OH is 1. The number of nitrogens with zero attached hydrogens (tertiary/aromatic N) is 4. The lowest BCUT2D eigenvalue weighted by atomic mass is 9.95. The molecule has 1 saturated heterocycles. The Morgan fingerprint density at radius 2 is 1.74 bits per heavy atom. The van der Waals surface area contributed by atoms with Crippen molar-refractivity contribution >= 4 is 16.9 Å². The maximum Gasteiger partial charge on any atom is 0.272 e. The smallest absolute Gasteiger partial charge is 0.272 e. The maximum atomic E-state index is 14.1. The average molecular weight is 653 g/mol. The lowest BCUT2D eigenvalue weighted by Crippen LogP contribution is -2.48. The van der Waals surface area contributed by atoms with E-state index in [1.165, 1.54) is 31.2 Å². The van der Waals surface area contributed by atoms with Gasteiger partial charge in [-0.3, -0.25) is 9.69 Å². The maximum absolute atomic E-state index is 14.1. The van der Waals surface area contributed by atoms with Gasteiger partial charge in [-0.05, 0) is 75.3 Å². The molecule has 2 aromatic carbocycles. The fourth-order valence-corrected chi connectivity index (χ4v) is 8.57. The number of amides is 1. The van der Waals surface area contributed by atoms with Crippen molar-refractivity contribution in [1.29, 1.82) is 0 Å². The summed E-state index contributed by atoms with van der Waals surface area (Å²) < 4.78 is 15.3. The first-order valence-electron chi connectivity index (χ1n) is 17.2. The van der Waals surface area contributed by atoms with Crippen LogP contribution in [0.2, 0.25) is 0 Å². The number of aliphatic hydroxyl groups is 1. The summed E-state index contributed by atoms with van der Waals surface area (Å²) in [7, 11) is -1.32. The number of carbonyl (C=O) groups excluding carboxylic acids is 1. The molecule has 0 unspecified atom stereocenters. The molecule has 1 aromatic heterocycles. The van der Waals surface area contributed by atoms with E-state index in [0.29, 0.717) is 37.7 Å². The summed E-state index contributed by atoms with van der Waals surface area (Å²) >= 11 is 0. The van der Waals surface area contributed by atoms with E-state index < -0.39 is 15.7 Å². The summed E-state index contributed by atoms with van der Waals surface area (Å²) in [6.07, 6.45) is 6.51. The molecule has 8 heteroatoms. The first-order chi connectivity index (χ1) is 22.7. The first kappa shape index (κ1) is 33.5. The van der Waals surface area contributed by atoms with Gasteiger partial charge in [0.05, 0.1) is 16.5 Å². The van der Waals surface area contributed by atoms with Gasteiger partial charge in [-0.2, -0.15) is 0 Å². The van der Waals surface area contributed by atoms with Crippen LogP contribution in [0.1, 0.15) is 98.1 Å². The highest BCUT2D eigenvalue weighted by atomic mass is 32.2. The number of fused-ring (bicyclic) bond motifs is 1. The normalized spacial score (nSPS) is 19.7. The molecule has 1 saturated carbocycles. The number of benzene rings is 2. The van der Waals surface area contributed by atoms with Crippen molar-refractivity contribution in [3.8, 4) is 23.1 Å². The SMILES string of the molecule is CC(C)(C)[S@](=O)N1Cc2cc(C(=O)N3CCN(Cc4ccccc4)CC3)nc(-c3cccc(C#CCC4CCCC4)c3)c2[C@@H]1CCO. The van der Waals surface area contributed by atoms with Crippen molar-refractivity contribution in [1.82, 2.24) is 19.1 Å². The van der Waals surface area contributed by atoms with Crippen molar-refractivity contribution in [2.75, 3.05) is 32.8 Å². The Labute approximate surface area is 283 Å². The molecule has 1 amide bonds. The van der Waals surface area contributed by atoms with Gasteiger partial charge in [0.15, 0.2) is 0 Å². The predicted octanol–water partition coefficient (Wildman–Crippen LogP) is 6.34. The third-order valence-electron chi connectivity index (χ3n) is 9.65. The van der Waals surface area contributed by atoms with Crippen LogP contribution in [0, 0.1) is 17.8 Å².